The summed E-state index contributed by atoms with van der Waals surface area (Å²) in [7, 11) is 0. The quantitative estimate of drug-likeness (QED) is 0.455. The third-order valence-electron chi connectivity index (χ3n) is 3.49. The van der Waals surface area contributed by atoms with Crippen LogP contribution in [0.2, 0.25) is 5.15 Å². The minimum absolute atomic E-state index is 0.423. The molecule has 0 aliphatic rings. The first-order valence-electron chi connectivity index (χ1n) is 6.88. The summed E-state index contributed by atoms with van der Waals surface area (Å²) in [5, 5.41) is 0.469. The number of fused-ring (bicyclic) bond motifs is 1. The van der Waals surface area contributed by atoms with Crippen molar-refractivity contribution in [1.29, 1.82) is 0 Å². The average Bonchev–Trinajstić information content (AvgIpc) is 2.74. The highest BCUT2D eigenvalue weighted by Gasteiger charge is 2.17. The van der Waals surface area contributed by atoms with Gasteiger partial charge in [-0.15, -0.1) is 0 Å². The van der Waals surface area contributed by atoms with E-state index in [0.717, 1.165) is 25.9 Å². The van der Waals surface area contributed by atoms with Crippen LogP contribution in [0.3, 0.4) is 0 Å². The van der Waals surface area contributed by atoms with Gasteiger partial charge in [-0.05, 0) is 42.0 Å². The van der Waals surface area contributed by atoms with Crippen molar-refractivity contribution in [2.75, 3.05) is 0 Å². The normalized spacial score (nSPS) is 11.3. The highest BCUT2D eigenvalue weighted by molar-refractivity contribution is 14.1. The fourth-order valence-corrected chi connectivity index (χ4v) is 3.35. The Morgan fingerprint density at radius 1 is 1.18 bits per heavy atom. The summed E-state index contributed by atoms with van der Waals surface area (Å²) < 4.78 is 8.95. The highest BCUT2D eigenvalue weighted by atomic mass is 127. The van der Waals surface area contributed by atoms with Crippen LogP contribution in [0, 0.1) is 17.4 Å². The van der Waals surface area contributed by atoms with E-state index in [1.165, 1.54) is 0 Å². The van der Waals surface area contributed by atoms with Gasteiger partial charge in [0.25, 0.3) is 0 Å². The molecule has 3 aromatic rings. The van der Waals surface area contributed by atoms with Crippen LogP contribution in [0.5, 0.6) is 0 Å². The second-order valence-electron chi connectivity index (χ2n) is 5.05. The zero-order valence-corrected chi connectivity index (χ0v) is 15.2. The van der Waals surface area contributed by atoms with Crippen molar-refractivity contribution in [1.82, 2.24) is 14.5 Å². The van der Waals surface area contributed by atoms with Gasteiger partial charge in [0, 0.05) is 5.69 Å². The number of benzene rings is 1. The molecule has 0 bridgehead atoms. The Morgan fingerprint density at radius 3 is 2.64 bits per heavy atom. The molecule has 0 aliphatic heterocycles. The maximum absolute atomic E-state index is 6.32. The van der Waals surface area contributed by atoms with E-state index in [1.54, 1.807) is 0 Å². The lowest BCUT2D eigenvalue weighted by Crippen LogP contribution is -2.05. The van der Waals surface area contributed by atoms with Crippen LogP contribution < -0.4 is 0 Å². The standard InChI is InChI=1S/C16H15ClIN3O/c1-10-13(18)14-15(16(17)20-11(2)19-14)21(10)9-22-8-12-6-4-3-5-7-12/h3-7H,8-9H2,1-2H3. The molecule has 2 heterocycles. The van der Waals surface area contributed by atoms with Crippen molar-refractivity contribution in [3.8, 4) is 0 Å². The average molecular weight is 428 g/mol. The SMILES string of the molecule is Cc1nc(Cl)c2c(n1)c(I)c(C)n2COCc1ccccc1. The van der Waals surface area contributed by atoms with Crippen molar-refractivity contribution >= 4 is 45.2 Å². The molecular formula is C16H15ClIN3O. The number of hydrogen-bond acceptors (Lipinski definition) is 3. The molecule has 4 nitrogen and oxygen atoms in total. The fourth-order valence-electron chi connectivity index (χ4n) is 2.37. The summed E-state index contributed by atoms with van der Waals surface area (Å²) in [5.41, 5.74) is 3.95. The molecule has 0 spiro atoms. The third-order valence-corrected chi connectivity index (χ3v) is 5.04. The summed E-state index contributed by atoms with van der Waals surface area (Å²) in [6.45, 7) is 4.87. The second-order valence-corrected chi connectivity index (χ2v) is 6.49. The molecule has 1 aromatic carbocycles. The van der Waals surface area contributed by atoms with Gasteiger partial charge in [-0.25, -0.2) is 9.97 Å². The molecule has 3 rings (SSSR count). The van der Waals surface area contributed by atoms with Crippen LogP contribution >= 0.6 is 34.2 Å². The first kappa shape index (κ1) is 15.7. The monoisotopic (exact) mass is 427 g/mol. The number of hydrogen-bond donors (Lipinski definition) is 0. The topological polar surface area (TPSA) is 39.9 Å². The Morgan fingerprint density at radius 2 is 1.91 bits per heavy atom. The molecule has 0 saturated carbocycles. The van der Waals surface area contributed by atoms with Crippen molar-refractivity contribution in [3.05, 3.63) is 56.1 Å². The van der Waals surface area contributed by atoms with Gasteiger partial charge < -0.3 is 9.30 Å². The van der Waals surface area contributed by atoms with Gasteiger partial charge in [0.05, 0.1) is 10.2 Å². The predicted octanol–water partition coefficient (Wildman–Crippen LogP) is 4.48. The second kappa shape index (κ2) is 6.52. The maximum atomic E-state index is 6.32. The number of halogens is 2. The van der Waals surface area contributed by atoms with Crippen molar-refractivity contribution in [2.24, 2.45) is 0 Å². The van der Waals surface area contributed by atoms with E-state index in [4.69, 9.17) is 16.3 Å². The van der Waals surface area contributed by atoms with Gasteiger partial charge in [-0.2, -0.15) is 0 Å². The summed E-state index contributed by atoms with van der Waals surface area (Å²) in [4.78, 5) is 8.76. The molecule has 0 atom stereocenters. The molecule has 0 fully saturated rings. The summed E-state index contributed by atoms with van der Waals surface area (Å²) in [6, 6.07) is 10.1. The van der Waals surface area contributed by atoms with Crippen molar-refractivity contribution in [2.45, 2.75) is 27.2 Å². The fraction of sp³-hybridized carbons (Fsp3) is 0.250. The Labute approximate surface area is 147 Å². The molecule has 0 radical (unpaired) electrons. The zero-order valence-electron chi connectivity index (χ0n) is 12.3. The predicted molar refractivity (Wildman–Crippen MR) is 96.0 cm³/mol. The van der Waals surface area contributed by atoms with Crippen LogP contribution in [-0.2, 0) is 18.1 Å². The smallest absolute Gasteiger partial charge is 0.157 e. The zero-order chi connectivity index (χ0) is 15.7. The molecule has 0 N–H and O–H groups in total. The first-order valence-corrected chi connectivity index (χ1v) is 8.33. The van der Waals surface area contributed by atoms with E-state index in [0.29, 0.717) is 24.3 Å². The number of aromatic nitrogens is 3. The number of nitrogens with zero attached hydrogens (tertiary/aromatic N) is 3. The van der Waals surface area contributed by atoms with E-state index in [9.17, 15) is 0 Å². The van der Waals surface area contributed by atoms with Gasteiger partial charge in [0.1, 0.15) is 23.6 Å². The van der Waals surface area contributed by atoms with Crippen LogP contribution in [-0.4, -0.2) is 14.5 Å². The van der Waals surface area contributed by atoms with E-state index >= 15 is 0 Å². The van der Waals surface area contributed by atoms with E-state index in [-0.39, 0.29) is 0 Å². The Hall–Kier alpha value is -1.18. The lowest BCUT2D eigenvalue weighted by Gasteiger charge is -2.10. The highest BCUT2D eigenvalue weighted by Crippen LogP contribution is 2.30. The number of ether oxygens (including phenoxy) is 1. The lowest BCUT2D eigenvalue weighted by molar-refractivity contribution is 0.0655. The summed E-state index contributed by atoms with van der Waals surface area (Å²) in [6.07, 6.45) is 0. The van der Waals surface area contributed by atoms with E-state index in [1.807, 2.05) is 48.7 Å². The van der Waals surface area contributed by atoms with Gasteiger partial charge >= 0.3 is 0 Å². The van der Waals surface area contributed by atoms with Crippen molar-refractivity contribution < 1.29 is 4.74 Å². The molecule has 0 unspecified atom stereocenters. The first-order chi connectivity index (χ1) is 10.6. The molecule has 0 saturated heterocycles. The minimum atomic E-state index is 0.423. The summed E-state index contributed by atoms with van der Waals surface area (Å²) >= 11 is 8.61. The van der Waals surface area contributed by atoms with Gasteiger partial charge in [-0.1, -0.05) is 41.9 Å². The van der Waals surface area contributed by atoms with Gasteiger partial charge in [0.2, 0.25) is 0 Å². The van der Waals surface area contributed by atoms with Gasteiger partial charge in [-0.3, -0.25) is 0 Å². The largest absolute Gasteiger partial charge is 0.356 e. The van der Waals surface area contributed by atoms with Crippen LogP contribution in [0.25, 0.3) is 11.0 Å². The Bertz CT molecular complexity index is 817. The lowest BCUT2D eigenvalue weighted by atomic mass is 10.2. The molecule has 6 heteroatoms. The van der Waals surface area contributed by atoms with Gasteiger partial charge in [0.15, 0.2) is 5.15 Å². The molecule has 22 heavy (non-hydrogen) atoms. The van der Waals surface area contributed by atoms with E-state index < -0.39 is 0 Å². The third kappa shape index (κ3) is 2.98. The number of aryl methyl sites for hydroxylation is 1. The molecular weight excluding hydrogens is 413 g/mol. The number of rotatable bonds is 4. The van der Waals surface area contributed by atoms with Crippen LogP contribution in [0.15, 0.2) is 30.3 Å². The molecule has 0 amide bonds. The summed E-state index contributed by atoms with van der Waals surface area (Å²) in [5.74, 6) is 0.678. The molecule has 0 aliphatic carbocycles. The molecule has 2 aromatic heterocycles. The van der Waals surface area contributed by atoms with E-state index in [2.05, 4.69) is 32.6 Å². The van der Waals surface area contributed by atoms with Crippen LogP contribution in [0.1, 0.15) is 17.1 Å². The van der Waals surface area contributed by atoms with Crippen molar-refractivity contribution in [3.63, 3.8) is 0 Å². The maximum Gasteiger partial charge on any atom is 0.157 e. The Balaban J connectivity index is 1.89. The molecule has 114 valence electrons. The minimum Gasteiger partial charge on any atom is -0.356 e. The van der Waals surface area contributed by atoms with Crippen LogP contribution in [0.4, 0.5) is 0 Å². The Kier molecular flexibility index (Phi) is 4.65.